The minimum absolute atomic E-state index is 0.00825. The monoisotopic (exact) mass is 602 g/mol. The molecule has 3 rings (SSSR count). The van der Waals surface area contributed by atoms with Crippen LogP contribution in [-0.4, -0.2) is 29.9 Å². The summed E-state index contributed by atoms with van der Waals surface area (Å²) in [4.78, 5) is 26.0. The highest BCUT2D eigenvalue weighted by Gasteiger charge is 2.36. The van der Waals surface area contributed by atoms with Gasteiger partial charge in [0.15, 0.2) is 0 Å². The van der Waals surface area contributed by atoms with E-state index in [4.69, 9.17) is 11.6 Å². The van der Waals surface area contributed by atoms with Gasteiger partial charge in [-0.25, -0.2) is 0 Å². The minimum Gasteiger partial charge on any atom is -0.349 e. The molecule has 3 aromatic carbocycles. The first-order valence-corrected chi connectivity index (χ1v) is 13.6. The first kappa shape index (κ1) is 31.3. The maximum atomic E-state index is 13.2. The molecule has 0 saturated carbocycles. The molecule has 0 aliphatic heterocycles. The van der Waals surface area contributed by atoms with E-state index in [0.717, 1.165) is 0 Å². The number of anilines is 1. The van der Waals surface area contributed by atoms with Crippen LogP contribution in [0.2, 0.25) is 5.02 Å². The van der Waals surface area contributed by atoms with Gasteiger partial charge >= 0.3 is 12.4 Å². The van der Waals surface area contributed by atoms with Crippen molar-refractivity contribution in [3.05, 3.63) is 98.6 Å². The van der Waals surface area contributed by atoms with Crippen LogP contribution >= 0.6 is 23.4 Å². The fraction of sp³-hybridized carbons (Fsp3) is 0.286. The molecule has 3 aromatic rings. The third-order valence-electron chi connectivity index (χ3n) is 5.87. The van der Waals surface area contributed by atoms with Crippen molar-refractivity contribution in [2.24, 2.45) is 0 Å². The SMILES string of the molecule is CSCC(C)NC(=O)c1c(Cl)cccc1C(=O)Nc1ccc(Cc2cc(C(F)(F)F)cc(C(F)(F)F)c2)cc1C. The predicted molar refractivity (Wildman–Crippen MR) is 145 cm³/mol. The first-order chi connectivity index (χ1) is 18.6. The number of hydrogen-bond acceptors (Lipinski definition) is 3. The van der Waals surface area contributed by atoms with Gasteiger partial charge in [0.1, 0.15) is 0 Å². The molecule has 0 aliphatic rings. The van der Waals surface area contributed by atoms with Gasteiger partial charge in [-0.1, -0.05) is 29.8 Å². The van der Waals surface area contributed by atoms with E-state index in [9.17, 15) is 35.9 Å². The third-order valence-corrected chi connectivity index (χ3v) is 7.02. The van der Waals surface area contributed by atoms with E-state index in [-0.39, 0.29) is 40.2 Å². The maximum absolute atomic E-state index is 13.2. The van der Waals surface area contributed by atoms with Crippen molar-refractivity contribution in [3.8, 4) is 0 Å². The van der Waals surface area contributed by atoms with Crippen molar-refractivity contribution in [2.75, 3.05) is 17.3 Å². The molecule has 40 heavy (non-hydrogen) atoms. The fourth-order valence-corrected chi connectivity index (χ4v) is 4.90. The molecule has 0 bridgehead atoms. The number of halogens is 7. The number of thioether (sulfide) groups is 1. The highest BCUT2D eigenvalue weighted by Crippen LogP contribution is 2.37. The summed E-state index contributed by atoms with van der Waals surface area (Å²) >= 11 is 7.80. The Morgan fingerprint density at radius 2 is 1.52 bits per heavy atom. The number of nitrogens with one attached hydrogen (secondary N) is 2. The quantitative estimate of drug-likeness (QED) is 0.257. The van der Waals surface area contributed by atoms with E-state index in [2.05, 4.69) is 10.6 Å². The van der Waals surface area contributed by atoms with E-state index in [1.54, 1.807) is 24.8 Å². The smallest absolute Gasteiger partial charge is 0.349 e. The van der Waals surface area contributed by atoms with E-state index in [0.29, 0.717) is 34.7 Å². The molecule has 0 radical (unpaired) electrons. The molecule has 2 amide bonds. The average molecular weight is 603 g/mol. The van der Waals surface area contributed by atoms with Gasteiger partial charge in [0.25, 0.3) is 11.8 Å². The number of aryl methyl sites for hydroxylation is 1. The van der Waals surface area contributed by atoms with Crippen LogP contribution in [0.15, 0.2) is 54.6 Å². The molecule has 2 N–H and O–H groups in total. The Bertz CT molecular complexity index is 1380. The molecule has 0 aliphatic carbocycles. The van der Waals surface area contributed by atoms with Crippen molar-refractivity contribution >= 4 is 40.9 Å². The van der Waals surface area contributed by atoms with Gasteiger partial charge in [-0.3, -0.25) is 9.59 Å². The van der Waals surface area contributed by atoms with Gasteiger partial charge in [-0.2, -0.15) is 38.1 Å². The Morgan fingerprint density at radius 1 is 0.900 bits per heavy atom. The molecule has 0 heterocycles. The molecule has 12 heteroatoms. The molecule has 1 unspecified atom stereocenters. The van der Waals surface area contributed by atoms with E-state index in [1.165, 1.54) is 30.3 Å². The van der Waals surface area contributed by atoms with Crippen LogP contribution in [0.5, 0.6) is 0 Å². The average Bonchev–Trinajstić information content (AvgIpc) is 2.84. The molecular weight excluding hydrogens is 578 g/mol. The molecule has 4 nitrogen and oxygen atoms in total. The van der Waals surface area contributed by atoms with Crippen molar-refractivity contribution in [2.45, 2.75) is 38.7 Å². The summed E-state index contributed by atoms with van der Waals surface area (Å²) < 4.78 is 79.3. The predicted octanol–water partition coefficient (Wildman–Crippen LogP) is 8.01. The molecule has 0 fully saturated rings. The zero-order valence-corrected chi connectivity index (χ0v) is 23.1. The van der Waals surface area contributed by atoms with E-state index in [1.807, 2.05) is 13.2 Å². The van der Waals surface area contributed by atoms with E-state index >= 15 is 0 Å². The lowest BCUT2D eigenvalue weighted by Gasteiger charge is -2.17. The van der Waals surface area contributed by atoms with Crippen LogP contribution in [0.3, 0.4) is 0 Å². The number of carbonyl (C=O) groups is 2. The molecular formula is C28H25ClF6N2O2S. The second-order valence-corrected chi connectivity index (χ2v) is 10.5. The summed E-state index contributed by atoms with van der Waals surface area (Å²) in [7, 11) is 0. The largest absolute Gasteiger partial charge is 0.416 e. The number of benzene rings is 3. The summed E-state index contributed by atoms with van der Waals surface area (Å²) in [6.07, 6.45) is -8.19. The third kappa shape index (κ3) is 7.94. The van der Waals surface area contributed by atoms with Crippen molar-refractivity contribution in [3.63, 3.8) is 0 Å². The standard InChI is InChI=1S/C28H25ClF6N2O2S/c1-15-9-17(10-18-11-19(27(30,31)32)13-20(12-18)28(33,34)35)7-8-23(15)37-25(38)21-5-4-6-22(29)24(21)26(39)36-16(2)14-40-3/h4-9,11-13,16H,10,14H2,1-3H3,(H,36,39)(H,37,38). The second-order valence-electron chi connectivity index (χ2n) is 9.19. The van der Waals surface area contributed by atoms with Crippen LogP contribution in [0.4, 0.5) is 32.0 Å². The van der Waals surface area contributed by atoms with Crippen molar-refractivity contribution in [1.82, 2.24) is 5.32 Å². The number of rotatable bonds is 8. The normalized spacial score (nSPS) is 12.7. The van der Waals surface area contributed by atoms with Crippen molar-refractivity contribution in [1.29, 1.82) is 0 Å². The van der Waals surface area contributed by atoms with Crippen LogP contribution < -0.4 is 10.6 Å². The lowest BCUT2D eigenvalue weighted by molar-refractivity contribution is -0.143. The van der Waals surface area contributed by atoms with Gasteiger partial charge in [0, 0.05) is 17.5 Å². The Kier molecular flexibility index (Phi) is 9.84. The van der Waals surface area contributed by atoms with Crippen molar-refractivity contribution < 1.29 is 35.9 Å². The lowest BCUT2D eigenvalue weighted by Crippen LogP contribution is -2.35. The number of amides is 2. The molecule has 0 spiro atoms. The van der Waals surface area contributed by atoms with Crippen LogP contribution in [0, 0.1) is 6.92 Å². The van der Waals surface area contributed by atoms with Gasteiger partial charge in [0.05, 0.1) is 27.3 Å². The van der Waals surface area contributed by atoms with Gasteiger partial charge in [-0.05, 0) is 79.6 Å². The first-order valence-electron chi connectivity index (χ1n) is 11.9. The maximum Gasteiger partial charge on any atom is 0.416 e. The van der Waals surface area contributed by atoms with Crippen LogP contribution in [-0.2, 0) is 18.8 Å². The summed E-state index contributed by atoms with van der Waals surface area (Å²) in [5.74, 6) is -0.473. The Morgan fingerprint density at radius 3 is 2.08 bits per heavy atom. The van der Waals surface area contributed by atoms with E-state index < -0.39 is 35.3 Å². The summed E-state index contributed by atoms with van der Waals surface area (Å²) in [6.45, 7) is 3.45. The number of carbonyl (C=O) groups excluding carboxylic acids is 2. The topological polar surface area (TPSA) is 58.2 Å². The Hall–Kier alpha value is -3.18. The zero-order chi connectivity index (χ0) is 29.8. The number of hydrogen-bond donors (Lipinski definition) is 2. The molecule has 1 atom stereocenters. The number of alkyl halides is 6. The Balaban J connectivity index is 1.85. The summed E-state index contributed by atoms with van der Waals surface area (Å²) in [5, 5.41) is 5.59. The minimum atomic E-state index is -4.94. The lowest BCUT2D eigenvalue weighted by atomic mass is 9.98. The second kappa shape index (κ2) is 12.6. The highest BCUT2D eigenvalue weighted by atomic mass is 35.5. The van der Waals surface area contributed by atoms with Crippen LogP contribution in [0.25, 0.3) is 0 Å². The summed E-state index contributed by atoms with van der Waals surface area (Å²) in [6, 6.07) is 10.3. The molecule has 214 valence electrons. The van der Waals surface area contributed by atoms with Gasteiger partial charge < -0.3 is 10.6 Å². The Labute approximate surface area is 236 Å². The van der Waals surface area contributed by atoms with Gasteiger partial charge in [-0.15, -0.1) is 0 Å². The highest BCUT2D eigenvalue weighted by molar-refractivity contribution is 7.98. The zero-order valence-electron chi connectivity index (χ0n) is 21.6. The summed E-state index contributed by atoms with van der Waals surface area (Å²) in [5.41, 5.74) is -1.60. The molecule has 0 saturated heterocycles. The van der Waals surface area contributed by atoms with Crippen LogP contribution in [0.1, 0.15) is 55.5 Å². The fourth-order valence-electron chi connectivity index (χ4n) is 4.05. The molecule has 0 aromatic heterocycles. The van der Waals surface area contributed by atoms with Gasteiger partial charge in [0.2, 0.25) is 0 Å².